The van der Waals surface area contributed by atoms with E-state index in [0.29, 0.717) is 18.2 Å². The molecule has 0 aliphatic carbocycles. The van der Waals surface area contributed by atoms with Gasteiger partial charge in [0, 0.05) is 38.9 Å². The molecule has 0 spiro atoms. The molecule has 1 aliphatic heterocycles. The van der Waals surface area contributed by atoms with Gasteiger partial charge in [-0.05, 0) is 26.2 Å². The summed E-state index contributed by atoms with van der Waals surface area (Å²) < 4.78 is 12.7. The molecule has 1 aliphatic rings. The Balaban J connectivity index is 2.10. The molecule has 1 aromatic rings. The Hall–Kier alpha value is -1.47. The van der Waals surface area contributed by atoms with Crippen LogP contribution >= 0.6 is 0 Å². The number of primary amides is 1. The van der Waals surface area contributed by atoms with Gasteiger partial charge in [-0.15, -0.1) is 5.10 Å². The van der Waals surface area contributed by atoms with Crippen LogP contribution < -0.4 is 5.73 Å². The molecule has 0 aromatic carbocycles. The van der Waals surface area contributed by atoms with Gasteiger partial charge in [-0.3, -0.25) is 4.79 Å². The molecule has 1 aromatic heterocycles. The van der Waals surface area contributed by atoms with Crippen LogP contribution in [-0.4, -0.2) is 47.3 Å². The van der Waals surface area contributed by atoms with Crippen molar-refractivity contribution in [2.24, 2.45) is 5.73 Å². The molecule has 2 heterocycles. The van der Waals surface area contributed by atoms with Crippen LogP contribution in [0.1, 0.15) is 43.5 Å². The minimum Gasteiger partial charge on any atom is -0.382 e. The monoisotopic (exact) mass is 296 g/mol. The lowest BCUT2D eigenvalue weighted by atomic mass is 9.94. The minimum absolute atomic E-state index is 0.151. The highest BCUT2D eigenvalue weighted by atomic mass is 16.5. The molecule has 1 fully saturated rings. The predicted molar refractivity (Wildman–Crippen MR) is 76.8 cm³/mol. The number of hydrogen-bond acceptors (Lipinski definition) is 5. The van der Waals surface area contributed by atoms with E-state index in [1.165, 1.54) is 0 Å². The second kappa shape index (κ2) is 8.09. The van der Waals surface area contributed by atoms with Gasteiger partial charge in [0.05, 0.1) is 17.8 Å². The van der Waals surface area contributed by atoms with Crippen LogP contribution in [0.3, 0.4) is 0 Å². The molecule has 0 bridgehead atoms. The summed E-state index contributed by atoms with van der Waals surface area (Å²) in [4.78, 5) is 11.2. The van der Waals surface area contributed by atoms with Crippen molar-refractivity contribution in [3.05, 3.63) is 11.4 Å². The second-order valence-electron chi connectivity index (χ2n) is 5.22. The number of hydrogen-bond donors (Lipinski definition) is 1. The average Bonchev–Trinajstić information content (AvgIpc) is 2.86. The number of nitrogens with two attached hydrogens (primary N) is 1. The van der Waals surface area contributed by atoms with Gasteiger partial charge in [-0.2, -0.15) is 0 Å². The summed E-state index contributed by atoms with van der Waals surface area (Å²) in [5.74, 6) is -0.0279. The smallest absolute Gasteiger partial charge is 0.223 e. The summed E-state index contributed by atoms with van der Waals surface area (Å²) in [7, 11) is 0. The zero-order valence-corrected chi connectivity index (χ0v) is 12.6. The van der Waals surface area contributed by atoms with Crippen LogP contribution in [0, 0.1) is 0 Å². The van der Waals surface area contributed by atoms with E-state index in [2.05, 4.69) is 10.3 Å². The number of nitrogens with zero attached hydrogens (tertiary/aromatic N) is 3. The largest absolute Gasteiger partial charge is 0.382 e. The van der Waals surface area contributed by atoms with E-state index < -0.39 is 0 Å². The van der Waals surface area contributed by atoms with Crippen LogP contribution in [0.5, 0.6) is 0 Å². The van der Waals surface area contributed by atoms with E-state index >= 15 is 0 Å². The van der Waals surface area contributed by atoms with Gasteiger partial charge >= 0.3 is 0 Å². The van der Waals surface area contributed by atoms with Crippen molar-refractivity contribution in [1.82, 2.24) is 15.0 Å². The average molecular weight is 296 g/mol. The molecule has 0 atom stereocenters. The molecule has 21 heavy (non-hydrogen) atoms. The topological polar surface area (TPSA) is 92.3 Å². The molecule has 7 heteroatoms. The molecule has 0 unspecified atom stereocenters. The minimum atomic E-state index is -0.371. The van der Waals surface area contributed by atoms with Crippen LogP contribution in [-0.2, 0) is 27.2 Å². The number of amides is 1. The van der Waals surface area contributed by atoms with E-state index in [-0.39, 0.29) is 12.3 Å². The first-order valence-corrected chi connectivity index (χ1v) is 7.58. The summed E-state index contributed by atoms with van der Waals surface area (Å²) in [5.41, 5.74) is 7.07. The van der Waals surface area contributed by atoms with Crippen molar-refractivity contribution in [2.45, 2.75) is 45.1 Å². The fraction of sp³-hybridized carbons (Fsp3) is 0.786. The SMILES string of the molecule is CCOCCCn1nnc(CC(N)=O)c1C1CCOCC1. The van der Waals surface area contributed by atoms with Crippen molar-refractivity contribution in [3.8, 4) is 0 Å². The molecule has 2 rings (SSSR count). The van der Waals surface area contributed by atoms with E-state index in [9.17, 15) is 4.79 Å². The van der Waals surface area contributed by atoms with Crippen molar-refractivity contribution in [1.29, 1.82) is 0 Å². The maximum atomic E-state index is 11.2. The van der Waals surface area contributed by atoms with Gasteiger partial charge in [-0.25, -0.2) is 4.68 Å². The fourth-order valence-corrected chi connectivity index (χ4v) is 2.69. The highest BCUT2D eigenvalue weighted by Gasteiger charge is 2.25. The van der Waals surface area contributed by atoms with Gasteiger partial charge in [0.2, 0.25) is 5.91 Å². The molecular weight excluding hydrogens is 272 g/mol. The zero-order valence-electron chi connectivity index (χ0n) is 12.6. The van der Waals surface area contributed by atoms with Crippen LogP contribution in [0.15, 0.2) is 0 Å². The number of rotatable bonds is 8. The van der Waals surface area contributed by atoms with Crippen molar-refractivity contribution in [3.63, 3.8) is 0 Å². The number of ether oxygens (including phenoxy) is 2. The van der Waals surface area contributed by atoms with E-state index in [4.69, 9.17) is 15.2 Å². The first-order chi connectivity index (χ1) is 10.2. The Kier molecular flexibility index (Phi) is 6.13. The van der Waals surface area contributed by atoms with Gasteiger partial charge in [0.1, 0.15) is 0 Å². The van der Waals surface area contributed by atoms with Crippen LogP contribution in [0.25, 0.3) is 0 Å². The highest BCUT2D eigenvalue weighted by molar-refractivity contribution is 5.76. The Bertz CT molecular complexity index is 455. The van der Waals surface area contributed by atoms with Crippen molar-refractivity contribution < 1.29 is 14.3 Å². The standard InChI is InChI=1S/C14H24N4O3/c1-2-20-7-3-6-18-14(11-4-8-21-9-5-11)12(16-17-18)10-13(15)19/h11H,2-10H2,1H3,(H2,15,19). The summed E-state index contributed by atoms with van der Waals surface area (Å²) in [6, 6.07) is 0. The van der Waals surface area contributed by atoms with E-state index in [1.807, 2.05) is 11.6 Å². The van der Waals surface area contributed by atoms with Gasteiger partial charge in [-0.1, -0.05) is 5.21 Å². The second-order valence-corrected chi connectivity index (χ2v) is 5.22. The lowest BCUT2D eigenvalue weighted by Crippen LogP contribution is -2.21. The lowest BCUT2D eigenvalue weighted by Gasteiger charge is -2.23. The first-order valence-electron chi connectivity index (χ1n) is 7.58. The molecule has 1 saturated heterocycles. The molecule has 0 radical (unpaired) electrons. The summed E-state index contributed by atoms with van der Waals surface area (Å²) in [6.45, 7) is 5.63. The Labute approximate surface area is 124 Å². The maximum absolute atomic E-state index is 11.2. The van der Waals surface area contributed by atoms with Gasteiger partial charge in [0.15, 0.2) is 0 Å². The summed E-state index contributed by atoms with van der Waals surface area (Å²) in [5, 5.41) is 8.37. The third-order valence-corrected chi connectivity index (χ3v) is 3.66. The first kappa shape index (κ1) is 15.9. The van der Waals surface area contributed by atoms with E-state index in [0.717, 1.165) is 51.3 Å². The molecule has 0 saturated carbocycles. The fourth-order valence-electron chi connectivity index (χ4n) is 2.69. The van der Waals surface area contributed by atoms with Crippen LogP contribution in [0.2, 0.25) is 0 Å². The molecular formula is C14H24N4O3. The third kappa shape index (κ3) is 4.50. The number of aryl methyl sites for hydroxylation is 1. The quantitative estimate of drug-likeness (QED) is 0.710. The van der Waals surface area contributed by atoms with Crippen LogP contribution in [0.4, 0.5) is 0 Å². The Morgan fingerprint density at radius 3 is 2.90 bits per heavy atom. The molecule has 2 N–H and O–H groups in total. The zero-order chi connectivity index (χ0) is 15.1. The third-order valence-electron chi connectivity index (χ3n) is 3.66. The molecule has 7 nitrogen and oxygen atoms in total. The Morgan fingerprint density at radius 1 is 1.48 bits per heavy atom. The lowest BCUT2D eigenvalue weighted by molar-refractivity contribution is -0.117. The van der Waals surface area contributed by atoms with Gasteiger partial charge < -0.3 is 15.2 Å². The van der Waals surface area contributed by atoms with Crippen molar-refractivity contribution in [2.75, 3.05) is 26.4 Å². The van der Waals surface area contributed by atoms with Crippen molar-refractivity contribution >= 4 is 5.91 Å². The molecule has 1 amide bonds. The number of aromatic nitrogens is 3. The van der Waals surface area contributed by atoms with Gasteiger partial charge in [0.25, 0.3) is 0 Å². The highest BCUT2D eigenvalue weighted by Crippen LogP contribution is 2.29. The van der Waals surface area contributed by atoms with E-state index in [1.54, 1.807) is 0 Å². The summed E-state index contributed by atoms with van der Waals surface area (Å²) >= 11 is 0. The number of carbonyl (C=O) groups is 1. The molecule has 118 valence electrons. The number of carbonyl (C=O) groups excluding carboxylic acids is 1. The normalized spacial score (nSPS) is 16.2. The predicted octanol–water partition coefficient (Wildman–Crippen LogP) is 0.627. The Morgan fingerprint density at radius 2 is 2.24 bits per heavy atom. The maximum Gasteiger partial charge on any atom is 0.223 e. The summed E-state index contributed by atoms with van der Waals surface area (Å²) in [6.07, 6.45) is 2.90.